The van der Waals surface area contributed by atoms with Crippen molar-refractivity contribution in [1.82, 2.24) is 0 Å². The van der Waals surface area contributed by atoms with E-state index in [2.05, 4.69) is 13.0 Å². The summed E-state index contributed by atoms with van der Waals surface area (Å²) < 4.78 is 0. The average Bonchev–Trinajstić information content (AvgIpc) is 2.05. The van der Waals surface area contributed by atoms with E-state index in [4.69, 9.17) is 11.1 Å². The van der Waals surface area contributed by atoms with Gasteiger partial charge < -0.3 is 12.7 Å². The van der Waals surface area contributed by atoms with Gasteiger partial charge in [0.05, 0.1) is 5.84 Å². The number of nitrogen functional groups attached to an aromatic ring is 1. The molecule has 0 saturated heterocycles. The van der Waals surface area contributed by atoms with E-state index in [1.165, 1.54) is 0 Å². The first-order chi connectivity index (χ1) is 5.24. The second-order valence-electron chi connectivity index (χ2n) is 2.27. The molecule has 0 aliphatic heterocycles. The van der Waals surface area contributed by atoms with E-state index < -0.39 is 0 Å². The second-order valence-corrected chi connectivity index (χ2v) is 2.27. The van der Waals surface area contributed by atoms with Gasteiger partial charge in [0.1, 0.15) is 0 Å². The fourth-order valence-electron chi connectivity index (χ4n) is 0.828. The molecule has 3 N–H and O–H groups in total. The molecular weight excluding hydrogens is 225 g/mol. The fraction of sp³-hybridized carbons (Fsp3) is 0.111. The standard InChI is InChI=1S/C9H10N2.Y/c1-2-7-4-3-5-8(6-7)9(10)11;/h3,5-6H,1-2H2,(H3,10,11);/q-2;. The molecule has 0 spiro atoms. The van der Waals surface area contributed by atoms with Crippen LogP contribution in [0.5, 0.6) is 0 Å². The summed E-state index contributed by atoms with van der Waals surface area (Å²) in [6.07, 6.45) is 0.682. The van der Waals surface area contributed by atoms with Crippen LogP contribution >= 0.6 is 0 Å². The normalized spacial score (nSPS) is 8.75. The minimum atomic E-state index is 0. The van der Waals surface area contributed by atoms with Crippen molar-refractivity contribution in [1.29, 1.82) is 5.41 Å². The Morgan fingerprint density at radius 3 is 2.83 bits per heavy atom. The minimum absolute atomic E-state index is 0. The van der Waals surface area contributed by atoms with Gasteiger partial charge in [0.25, 0.3) is 0 Å². The summed E-state index contributed by atoms with van der Waals surface area (Å²) in [4.78, 5) is 0. The SMILES string of the molecule is [CH2-]Cc1[c-]ccc(C(=N)N)c1.[Y]. The van der Waals surface area contributed by atoms with Gasteiger partial charge in [-0.1, -0.05) is 5.56 Å². The Morgan fingerprint density at radius 2 is 2.33 bits per heavy atom. The molecule has 1 aromatic rings. The summed E-state index contributed by atoms with van der Waals surface area (Å²) in [6.45, 7) is 3.71. The van der Waals surface area contributed by atoms with Crippen LogP contribution in [0.1, 0.15) is 11.1 Å². The summed E-state index contributed by atoms with van der Waals surface area (Å²) in [5, 5.41) is 7.15. The molecule has 61 valence electrons. The maximum absolute atomic E-state index is 7.15. The molecule has 2 nitrogen and oxygen atoms in total. The summed E-state index contributed by atoms with van der Waals surface area (Å²) >= 11 is 0. The zero-order valence-electron chi connectivity index (χ0n) is 6.80. The average molecular weight is 235 g/mol. The van der Waals surface area contributed by atoms with E-state index >= 15 is 0 Å². The smallest absolute Gasteiger partial charge is 0.0974 e. The van der Waals surface area contributed by atoms with Crippen molar-refractivity contribution in [3.63, 3.8) is 0 Å². The summed E-state index contributed by atoms with van der Waals surface area (Å²) in [6, 6.07) is 8.35. The van der Waals surface area contributed by atoms with Crippen molar-refractivity contribution in [3.8, 4) is 0 Å². The van der Waals surface area contributed by atoms with Crippen LogP contribution in [0.15, 0.2) is 18.2 Å². The first kappa shape index (κ1) is 11.8. The number of rotatable bonds is 2. The largest absolute Gasteiger partial charge is 0.385 e. The molecule has 0 unspecified atom stereocenters. The van der Waals surface area contributed by atoms with Crippen LogP contribution in [0.3, 0.4) is 0 Å². The van der Waals surface area contributed by atoms with Gasteiger partial charge in [-0.05, 0) is 0 Å². The van der Waals surface area contributed by atoms with Crippen LogP contribution in [0.4, 0.5) is 0 Å². The molecule has 0 atom stereocenters. The number of amidine groups is 1. The van der Waals surface area contributed by atoms with Crippen molar-refractivity contribution in [2.75, 3.05) is 0 Å². The Labute approximate surface area is 97.9 Å². The van der Waals surface area contributed by atoms with Gasteiger partial charge in [-0.25, -0.2) is 0 Å². The van der Waals surface area contributed by atoms with Crippen LogP contribution in [0, 0.1) is 18.4 Å². The first-order valence-corrected chi connectivity index (χ1v) is 3.38. The topological polar surface area (TPSA) is 49.9 Å². The van der Waals surface area contributed by atoms with Crippen LogP contribution in [0.25, 0.3) is 0 Å². The number of hydrogen-bond acceptors (Lipinski definition) is 1. The molecule has 0 amide bonds. The molecule has 0 saturated carbocycles. The maximum Gasteiger partial charge on any atom is 0.0974 e. The van der Waals surface area contributed by atoms with E-state index in [0.29, 0.717) is 6.42 Å². The molecule has 1 radical (unpaired) electrons. The van der Waals surface area contributed by atoms with Crippen molar-refractivity contribution in [3.05, 3.63) is 42.3 Å². The number of nitrogens with one attached hydrogen (secondary N) is 1. The quantitative estimate of drug-likeness (QED) is 0.451. The molecule has 0 aliphatic carbocycles. The number of nitrogens with two attached hydrogens (primary N) is 1. The van der Waals surface area contributed by atoms with Gasteiger partial charge >= 0.3 is 0 Å². The van der Waals surface area contributed by atoms with Gasteiger partial charge in [0.15, 0.2) is 0 Å². The molecule has 3 heteroatoms. The maximum atomic E-state index is 7.15. The molecule has 0 fully saturated rings. The number of hydrogen-bond donors (Lipinski definition) is 2. The van der Waals surface area contributed by atoms with Crippen LogP contribution in [0.2, 0.25) is 0 Å². The zero-order chi connectivity index (χ0) is 8.27. The van der Waals surface area contributed by atoms with E-state index in [-0.39, 0.29) is 38.5 Å². The van der Waals surface area contributed by atoms with Crippen molar-refractivity contribution >= 4 is 5.84 Å². The molecule has 1 rings (SSSR count). The third-order valence-corrected chi connectivity index (χ3v) is 1.44. The molecule has 0 aromatic heterocycles. The minimum Gasteiger partial charge on any atom is -0.385 e. The predicted molar refractivity (Wildman–Crippen MR) is 45.4 cm³/mol. The van der Waals surface area contributed by atoms with Crippen LogP contribution in [-0.2, 0) is 39.1 Å². The third kappa shape index (κ3) is 3.04. The summed E-state index contributed by atoms with van der Waals surface area (Å²) in [5.41, 5.74) is 7.01. The molecular formula is C9H10N2Y-2. The van der Waals surface area contributed by atoms with Gasteiger partial charge in [0.2, 0.25) is 0 Å². The van der Waals surface area contributed by atoms with Gasteiger partial charge in [-0.2, -0.15) is 36.2 Å². The number of benzene rings is 1. The molecule has 0 aliphatic rings. The Kier molecular flexibility index (Phi) is 5.35. The summed E-state index contributed by atoms with van der Waals surface area (Å²) in [5.74, 6) is 0.0914. The van der Waals surface area contributed by atoms with Gasteiger partial charge in [-0.15, -0.1) is 0 Å². The Morgan fingerprint density at radius 1 is 1.67 bits per heavy atom. The van der Waals surface area contributed by atoms with Crippen molar-refractivity contribution in [2.45, 2.75) is 6.42 Å². The molecule has 12 heavy (non-hydrogen) atoms. The molecule has 0 bridgehead atoms. The van der Waals surface area contributed by atoms with Crippen LogP contribution < -0.4 is 5.73 Å². The Balaban J connectivity index is 0.00000121. The zero-order valence-corrected chi connectivity index (χ0v) is 9.64. The van der Waals surface area contributed by atoms with E-state index in [1.807, 2.05) is 6.07 Å². The van der Waals surface area contributed by atoms with E-state index in [9.17, 15) is 0 Å². The van der Waals surface area contributed by atoms with Crippen LogP contribution in [-0.4, -0.2) is 5.84 Å². The second kappa shape index (κ2) is 5.44. The van der Waals surface area contributed by atoms with E-state index in [0.717, 1.165) is 11.1 Å². The third-order valence-electron chi connectivity index (χ3n) is 1.44. The fourth-order valence-corrected chi connectivity index (χ4v) is 0.828. The monoisotopic (exact) mass is 235 g/mol. The van der Waals surface area contributed by atoms with Crippen molar-refractivity contribution < 1.29 is 32.7 Å². The first-order valence-electron chi connectivity index (χ1n) is 3.38. The van der Waals surface area contributed by atoms with Gasteiger partial charge in [0, 0.05) is 32.7 Å². The Bertz CT molecular complexity index is 271. The Hall–Kier alpha value is -0.206. The van der Waals surface area contributed by atoms with Crippen molar-refractivity contribution in [2.24, 2.45) is 5.73 Å². The molecule has 0 heterocycles. The molecule has 1 aromatic carbocycles. The van der Waals surface area contributed by atoms with Gasteiger partial charge in [-0.3, -0.25) is 5.41 Å². The predicted octanol–water partition coefficient (Wildman–Crippen LogP) is 1.14. The van der Waals surface area contributed by atoms with E-state index in [1.54, 1.807) is 12.1 Å². The summed E-state index contributed by atoms with van der Waals surface area (Å²) in [7, 11) is 0.